The molecule has 0 bridgehead atoms. The van der Waals surface area contributed by atoms with Crippen LogP contribution in [0.1, 0.15) is 34.6 Å². The van der Waals surface area contributed by atoms with Crippen LogP contribution in [0.5, 0.6) is 0 Å². The minimum atomic E-state index is -2.73. The fourth-order valence-electron chi connectivity index (χ4n) is 14.4. The number of hydrogen-bond acceptors (Lipinski definition) is 46. The maximum Gasteiger partial charge on any atom is 0.217 e. The Balaban J connectivity index is 1.29. The average Bonchev–Trinajstić information content (AvgIpc) is 0.793. The molecule has 8 rings (SSSR count). The van der Waals surface area contributed by atoms with E-state index in [1.165, 1.54) is 0 Å². The molecular weight excluding hydrogens is 1570 g/mol. The number of nitrogens with one attached hydrogen (secondary N) is 5. The van der Waals surface area contributed by atoms with E-state index in [-0.39, 0.29) is 0 Å². The fraction of sp³-hybridized carbons (Fsp3) is 0.922. The number of rotatable bonds is 34. The van der Waals surface area contributed by atoms with E-state index < -0.39 is 365 Å². The Kier molecular flexibility index (Phi) is 35.9. The fourth-order valence-corrected chi connectivity index (χ4v) is 14.4. The molecule has 0 radical (unpaired) electrons. The largest absolute Gasteiger partial charge is 0.394 e. The Labute approximate surface area is 652 Å². The highest BCUT2D eigenvalue weighted by Crippen LogP contribution is 2.41. The van der Waals surface area contributed by atoms with Crippen molar-refractivity contribution in [3.05, 3.63) is 0 Å². The smallest absolute Gasteiger partial charge is 0.217 e. The van der Waals surface area contributed by atoms with Gasteiger partial charge in [-0.2, -0.15) is 0 Å². The van der Waals surface area contributed by atoms with Crippen LogP contribution in [0, 0.1) is 0 Å². The SMILES string of the molecule is CC(=O)N[C@@H](CO)[C@@H](O)[C@H](OC1O[C@H](CO)[C@@H](OC2O[C@H](COC3O[C@H](CO)[C@@H](O)[C@H](O)[C@@H]3OC3O[C@H](CO)[C@@H](O)[C@H](OC4O[C@H](CO)[C@H](O)[C@H](O)[C@H]4O)[C@H]3NC(C)=O)[C@@H](OC3O[C@H](CO)[C@@H](O)[C@H](O)[C@H]3NC(C)=O)[C@H](OC3O[C@H](CO)[C@@H](O)[C@H](O)[C@@H]3OC3O[C@H](CO)[C@@H](O)[C@H](O)[C@H]3NC(C)=O)[C@@H]2O)[C@H](O)[C@H]1NC(C)=O)[C@H](O)CO. The zero-order valence-corrected chi connectivity index (χ0v) is 62.2. The number of ether oxygens (including phenoxy) is 16. The van der Waals surface area contributed by atoms with Crippen LogP contribution >= 0.6 is 0 Å². The lowest BCUT2D eigenvalue weighted by Crippen LogP contribution is -2.71. The van der Waals surface area contributed by atoms with Gasteiger partial charge >= 0.3 is 0 Å². The summed E-state index contributed by atoms with van der Waals surface area (Å²) < 4.78 is 97.7. The van der Waals surface area contributed by atoms with Gasteiger partial charge < -0.3 is 230 Å². The third-order valence-electron chi connectivity index (χ3n) is 20.4. The van der Waals surface area contributed by atoms with Gasteiger partial charge in [0.25, 0.3) is 0 Å². The van der Waals surface area contributed by atoms with Crippen LogP contribution in [0.4, 0.5) is 0 Å². The summed E-state index contributed by atoms with van der Waals surface area (Å²) in [4.78, 5) is 64.2. The van der Waals surface area contributed by atoms with Crippen LogP contribution in [0.2, 0.25) is 0 Å². The molecule has 666 valence electrons. The van der Waals surface area contributed by atoms with E-state index >= 15 is 0 Å². The molecule has 0 aromatic carbocycles. The molecule has 5 amide bonds. The predicted octanol–water partition coefficient (Wildman–Crippen LogP) is -20.3. The first-order valence-corrected chi connectivity index (χ1v) is 36.5. The maximum atomic E-state index is 13.2. The zero-order chi connectivity index (χ0) is 85.2. The first kappa shape index (κ1) is 96.2. The van der Waals surface area contributed by atoms with E-state index in [9.17, 15) is 152 Å². The summed E-state index contributed by atoms with van der Waals surface area (Å²) in [6, 6.07) is -9.57. The van der Waals surface area contributed by atoms with Crippen molar-refractivity contribution in [1.29, 1.82) is 0 Å². The van der Waals surface area contributed by atoms with E-state index in [4.69, 9.17) is 75.8 Å². The highest BCUT2D eigenvalue weighted by atomic mass is 16.8. The first-order chi connectivity index (χ1) is 54.4. The van der Waals surface area contributed by atoms with Gasteiger partial charge in [0.2, 0.25) is 29.5 Å². The summed E-state index contributed by atoms with van der Waals surface area (Å²) in [6.45, 7) is -7.04. The summed E-state index contributed by atoms with van der Waals surface area (Å²) in [5.41, 5.74) is 0. The zero-order valence-electron chi connectivity index (χ0n) is 62.2. The van der Waals surface area contributed by atoms with E-state index in [0.717, 1.165) is 34.6 Å². The van der Waals surface area contributed by atoms with Gasteiger partial charge in [-0.1, -0.05) is 0 Å². The van der Waals surface area contributed by atoms with Crippen molar-refractivity contribution in [1.82, 2.24) is 26.6 Å². The summed E-state index contributed by atoms with van der Waals surface area (Å²) in [5.74, 6) is -4.74. The summed E-state index contributed by atoms with van der Waals surface area (Å²) in [7, 11) is 0. The van der Waals surface area contributed by atoms with Gasteiger partial charge in [-0.3, -0.25) is 24.0 Å². The molecule has 44 atom stereocenters. The maximum absolute atomic E-state index is 13.2. The molecule has 0 spiro atoms. The quantitative estimate of drug-likeness (QED) is 0.0284. The van der Waals surface area contributed by atoms with Crippen molar-refractivity contribution in [2.45, 2.75) is 304 Å². The molecule has 8 aliphatic heterocycles. The average molecular weight is 1680 g/mol. The molecule has 8 saturated heterocycles. The predicted molar refractivity (Wildman–Crippen MR) is 357 cm³/mol. The van der Waals surface area contributed by atoms with Gasteiger partial charge in [-0.15, -0.1) is 0 Å². The molecule has 51 nitrogen and oxygen atoms in total. The highest BCUT2D eigenvalue weighted by Gasteiger charge is 2.61. The number of aliphatic hydroxyl groups is 25. The second-order valence-corrected chi connectivity index (χ2v) is 28.7. The summed E-state index contributed by atoms with van der Waals surface area (Å²) in [6.07, 6.45) is -85.6. The molecule has 30 N–H and O–H groups in total. The molecule has 8 aliphatic rings. The molecule has 8 unspecified atom stereocenters. The Hall–Kier alpha value is -4.29. The minimum absolute atomic E-state index is 0.832. The lowest BCUT2D eigenvalue weighted by atomic mass is 9.93. The van der Waals surface area contributed by atoms with Crippen molar-refractivity contribution in [3.63, 3.8) is 0 Å². The Morgan fingerprint density at radius 3 is 1.08 bits per heavy atom. The van der Waals surface area contributed by atoms with Crippen LogP contribution in [-0.4, -0.2) is 493 Å². The van der Waals surface area contributed by atoms with Crippen molar-refractivity contribution in [2.75, 3.05) is 66.1 Å². The van der Waals surface area contributed by atoms with E-state index in [1.807, 2.05) is 0 Å². The number of hydrogen-bond donors (Lipinski definition) is 30. The summed E-state index contributed by atoms with van der Waals surface area (Å²) >= 11 is 0. The van der Waals surface area contributed by atoms with Gasteiger partial charge in [0.05, 0.1) is 72.1 Å². The number of amides is 5. The normalized spacial score (nSPS) is 45.0. The molecular formula is C64H109N5O46. The highest BCUT2D eigenvalue weighted by molar-refractivity contribution is 5.75. The van der Waals surface area contributed by atoms with Gasteiger partial charge in [-0.25, -0.2) is 0 Å². The van der Waals surface area contributed by atoms with Gasteiger partial charge in [0.1, 0.15) is 213 Å². The molecule has 115 heavy (non-hydrogen) atoms. The van der Waals surface area contributed by atoms with Crippen LogP contribution in [0.25, 0.3) is 0 Å². The van der Waals surface area contributed by atoms with Gasteiger partial charge in [0.15, 0.2) is 50.3 Å². The second-order valence-electron chi connectivity index (χ2n) is 28.7. The van der Waals surface area contributed by atoms with Crippen molar-refractivity contribution in [2.24, 2.45) is 0 Å². The molecule has 0 aliphatic carbocycles. The molecule has 51 heteroatoms. The topological polar surface area (TPSA) is 799 Å². The summed E-state index contributed by atoms with van der Waals surface area (Å²) in [5, 5.41) is 291. The van der Waals surface area contributed by atoms with Crippen LogP contribution in [-0.2, 0) is 99.8 Å². The second kappa shape index (κ2) is 43.0. The Bertz CT molecular complexity index is 3050. The molecule has 0 aromatic heterocycles. The van der Waals surface area contributed by atoms with Gasteiger partial charge in [-0.05, 0) is 0 Å². The lowest BCUT2D eigenvalue weighted by molar-refractivity contribution is -0.407. The third-order valence-corrected chi connectivity index (χ3v) is 20.4. The Morgan fingerprint density at radius 1 is 0.296 bits per heavy atom. The first-order valence-electron chi connectivity index (χ1n) is 36.5. The molecule has 0 aromatic rings. The van der Waals surface area contributed by atoms with Gasteiger partial charge in [0, 0.05) is 34.6 Å². The number of carbonyl (C=O) groups is 5. The number of carbonyl (C=O) groups excluding carboxylic acids is 5. The van der Waals surface area contributed by atoms with E-state index in [0.29, 0.717) is 0 Å². The van der Waals surface area contributed by atoms with Crippen LogP contribution in [0.15, 0.2) is 0 Å². The monoisotopic (exact) mass is 1680 g/mol. The molecule has 0 saturated carbocycles. The van der Waals surface area contributed by atoms with Crippen molar-refractivity contribution in [3.8, 4) is 0 Å². The van der Waals surface area contributed by atoms with Crippen LogP contribution < -0.4 is 26.6 Å². The van der Waals surface area contributed by atoms with Crippen molar-refractivity contribution >= 4 is 29.5 Å². The van der Waals surface area contributed by atoms with E-state index in [1.54, 1.807) is 0 Å². The Morgan fingerprint density at radius 2 is 0.635 bits per heavy atom. The lowest BCUT2D eigenvalue weighted by Gasteiger charge is -2.52. The number of aliphatic hydroxyl groups excluding tert-OH is 25. The molecule has 8 fully saturated rings. The third kappa shape index (κ3) is 22.3. The standard InChI is InChI=1S/C64H109N5O46/c1-16(79)65-21(6-70)35(85)50(22(84)7-71)109-59-33(68-19(4)82)44(94)51(29(14-78)107-59)110-62-49(99)54(113-64-56(47(97)40(90)27(12-76)106-64)115-58-32(67-18(3)81)43(93)37(87)24(9-73)102-58)52(111-57-31(66-17(2)80)42(92)36(86)23(8-72)101-57)30(108-62)15-100-63-55(46(96)39(89)26(11-75)105-63)114-60-34(69-20(5)83)53(41(91)28(13-77)103-60)112-61-48(98)45(95)38(88)25(10-74)104-61/h21-64,70-78,84-99H,6-15H2,1-5H3,(H,65,79)(H,66,80)(H,67,81)(H,68,82)(H,69,83)/t21-,22+,23+,24+,25+,26+,27+,28+,29+,30+,31+,32+,33+,34+,35+,36+,37+,38-,39+,40+,41+,42+,43+,44+,45-,46-,47-,48+,49-,50+,51+,52+,53+,54+,55-,56-,57?,58?,59?,60?,61?,62?,63?,64?/m0/s1. The van der Waals surface area contributed by atoms with Crippen molar-refractivity contribution < 1.29 is 227 Å². The van der Waals surface area contributed by atoms with E-state index in [2.05, 4.69) is 26.6 Å². The molecule has 8 heterocycles. The minimum Gasteiger partial charge on any atom is -0.394 e. The van der Waals surface area contributed by atoms with Crippen LogP contribution in [0.3, 0.4) is 0 Å².